The Morgan fingerprint density at radius 2 is 1.72 bits per heavy atom. The molecule has 5 nitrogen and oxygen atoms in total. The minimum Gasteiger partial charge on any atom is -0.348 e. The molecular weight excluding hydrogens is 452 g/mol. The Kier molecular flexibility index (Phi) is 7.17. The number of hydrogen-bond donors (Lipinski definition) is 1. The number of nitrogens with one attached hydrogen (secondary N) is 1. The normalized spacial score (nSPS) is 13.1. The second-order valence-corrected chi connectivity index (χ2v) is 11.1. The number of hydrogen-bond acceptors (Lipinski definition) is 3. The Labute approximate surface area is 182 Å². The van der Waals surface area contributed by atoms with Gasteiger partial charge in [0.15, 0.2) is 0 Å². The maximum absolute atomic E-state index is 12.6. The van der Waals surface area contributed by atoms with Crippen LogP contribution in [0.25, 0.3) is 0 Å². The maximum atomic E-state index is 12.6. The summed E-state index contributed by atoms with van der Waals surface area (Å²) < 4.78 is 26.6. The van der Waals surface area contributed by atoms with Gasteiger partial charge in [-0.3, -0.25) is 9.10 Å². The molecule has 0 spiro atoms. The van der Waals surface area contributed by atoms with E-state index in [0.29, 0.717) is 5.69 Å². The quantitative estimate of drug-likeness (QED) is 0.651. The first-order chi connectivity index (χ1) is 13.3. The molecule has 2 aromatic carbocycles. The van der Waals surface area contributed by atoms with Crippen LogP contribution >= 0.6 is 15.9 Å². The van der Waals surface area contributed by atoms with E-state index in [-0.39, 0.29) is 23.9 Å². The van der Waals surface area contributed by atoms with Crippen molar-refractivity contribution in [3.63, 3.8) is 0 Å². The van der Waals surface area contributed by atoms with Crippen molar-refractivity contribution in [1.29, 1.82) is 0 Å². The van der Waals surface area contributed by atoms with E-state index in [1.807, 2.05) is 26.0 Å². The molecule has 29 heavy (non-hydrogen) atoms. The number of halogens is 1. The van der Waals surface area contributed by atoms with Crippen molar-refractivity contribution in [2.24, 2.45) is 0 Å². The van der Waals surface area contributed by atoms with Gasteiger partial charge in [0.05, 0.1) is 18.0 Å². The van der Waals surface area contributed by atoms with E-state index in [4.69, 9.17) is 0 Å². The van der Waals surface area contributed by atoms with Gasteiger partial charge in [-0.05, 0) is 54.2 Å². The summed E-state index contributed by atoms with van der Waals surface area (Å²) in [6.45, 7) is 9.94. The lowest BCUT2D eigenvalue weighted by Gasteiger charge is -2.24. The van der Waals surface area contributed by atoms with Crippen LogP contribution in [0.2, 0.25) is 0 Å². The number of rotatable bonds is 6. The second-order valence-electron chi connectivity index (χ2n) is 8.36. The standard InChI is InChI=1S/C22H29BrN2O3S/c1-15-13-19(11-12-20(15)23)25(29(6,27)28)14-21(26)24-16(2)17-7-9-18(10-8-17)22(3,4)5/h7-13,16H,14H2,1-6H3,(H,24,26)/t16-/m0/s1. The van der Waals surface area contributed by atoms with E-state index < -0.39 is 10.0 Å². The fourth-order valence-corrected chi connectivity index (χ4v) is 4.05. The molecule has 1 N–H and O–H groups in total. The SMILES string of the molecule is Cc1cc(N(CC(=O)N[C@@H](C)c2ccc(C(C)(C)C)cc2)S(C)(=O)=O)ccc1Br. The molecule has 1 amide bonds. The van der Waals surface area contributed by atoms with Crippen LogP contribution in [0, 0.1) is 6.92 Å². The smallest absolute Gasteiger partial charge is 0.241 e. The number of sulfonamides is 1. The zero-order valence-electron chi connectivity index (χ0n) is 17.8. The molecular formula is C22H29BrN2O3S. The highest BCUT2D eigenvalue weighted by molar-refractivity contribution is 9.10. The lowest BCUT2D eigenvalue weighted by Crippen LogP contribution is -2.41. The maximum Gasteiger partial charge on any atom is 0.241 e. The number of nitrogens with zero attached hydrogens (tertiary/aromatic N) is 1. The molecule has 1 atom stereocenters. The molecule has 2 aromatic rings. The van der Waals surface area contributed by atoms with Crippen LogP contribution in [0.1, 0.15) is 50.4 Å². The summed E-state index contributed by atoms with van der Waals surface area (Å²) >= 11 is 3.41. The van der Waals surface area contributed by atoms with Gasteiger partial charge in [0, 0.05) is 4.47 Å². The molecule has 0 fully saturated rings. The monoisotopic (exact) mass is 480 g/mol. The summed E-state index contributed by atoms with van der Waals surface area (Å²) in [5.41, 5.74) is 3.60. The molecule has 0 unspecified atom stereocenters. The summed E-state index contributed by atoms with van der Waals surface area (Å²) in [6.07, 6.45) is 1.10. The topological polar surface area (TPSA) is 66.5 Å². The van der Waals surface area contributed by atoms with Crippen molar-refractivity contribution < 1.29 is 13.2 Å². The van der Waals surface area contributed by atoms with Gasteiger partial charge in [-0.1, -0.05) is 61.0 Å². The average molecular weight is 481 g/mol. The van der Waals surface area contributed by atoms with Crippen LogP contribution < -0.4 is 9.62 Å². The number of benzene rings is 2. The molecule has 0 radical (unpaired) electrons. The van der Waals surface area contributed by atoms with Gasteiger partial charge >= 0.3 is 0 Å². The largest absolute Gasteiger partial charge is 0.348 e. The zero-order chi connectivity index (χ0) is 22.0. The fraction of sp³-hybridized carbons (Fsp3) is 0.409. The summed E-state index contributed by atoms with van der Waals surface area (Å²) in [5, 5.41) is 2.90. The summed E-state index contributed by atoms with van der Waals surface area (Å²) in [6, 6.07) is 13.1. The van der Waals surface area contributed by atoms with Gasteiger partial charge in [0.25, 0.3) is 0 Å². The van der Waals surface area contributed by atoms with E-state index in [9.17, 15) is 13.2 Å². The predicted molar refractivity (Wildman–Crippen MR) is 123 cm³/mol. The van der Waals surface area contributed by atoms with E-state index in [1.54, 1.807) is 18.2 Å². The van der Waals surface area contributed by atoms with Gasteiger partial charge in [0.2, 0.25) is 15.9 Å². The number of carbonyl (C=O) groups is 1. The molecule has 2 rings (SSSR count). The minimum absolute atomic E-state index is 0.0593. The van der Waals surface area contributed by atoms with Gasteiger partial charge in [-0.25, -0.2) is 8.42 Å². The Bertz CT molecular complexity index is 980. The highest BCUT2D eigenvalue weighted by Gasteiger charge is 2.22. The molecule has 0 aliphatic rings. The van der Waals surface area contributed by atoms with Crippen LogP contribution in [-0.4, -0.2) is 27.1 Å². The molecule has 7 heteroatoms. The predicted octanol–water partition coefficient (Wildman–Crippen LogP) is 4.70. The third-order valence-corrected chi connectivity index (χ3v) is 6.80. The van der Waals surface area contributed by atoms with Crippen LogP contribution in [0.15, 0.2) is 46.9 Å². The minimum atomic E-state index is -3.61. The Morgan fingerprint density at radius 1 is 1.14 bits per heavy atom. The highest BCUT2D eigenvalue weighted by Crippen LogP contribution is 2.25. The second kappa shape index (κ2) is 8.88. The van der Waals surface area contributed by atoms with Crippen molar-refractivity contribution in [1.82, 2.24) is 5.32 Å². The van der Waals surface area contributed by atoms with Crippen LogP contribution in [0.4, 0.5) is 5.69 Å². The fourth-order valence-electron chi connectivity index (χ4n) is 2.96. The molecule has 0 aliphatic carbocycles. The first-order valence-corrected chi connectivity index (χ1v) is 12.1. The summed E-state index contributed by atoms with van der Waals surface area (Å²) in [7, 11) is -3.61. The summed E-state index contributed by atoms with van der Waals surface area (Å²) in [5.74, 6) is -0.358. The highest BCUT2D eigenvalue weighted by atomic mass is 79.9. The number of aryl methyl sites for hydroxylation is 1. The van der Waals surface area contributed by atoms with Gasteiger partial charge in [-0.15, -0.1) is 0 Å². The van der Waals surface area contributed by atoms with Crippen molar-refractivity contribution in [3.8, 4) is 0 Å². The van der Waals surface area contributed by atoms with Crippen LogP contribution in [0.5, 0.6) is 0 Å². The van der Waals surface area contributed by atoms with Crippen LogP contribution in [0.3, 0.4) is 0 Å². The molecule has 0 aliphatic heterocycles. The van der Waals surface area contributed by atoms with E-state index in [0.717, 1.165) is 26.2 Å². The van der Waals surface area contributed by atoms with Gasteiger partial charge in [-0.2, -0.15) is 0 Å². The average Bonchev–Trinajstić information content (AvgIpc) is 2.60. The third-order valence-electron chi connectivity index (χ3n) is 4.77. The van der Waals surface area contributed by atoms with Gasteiger partial charge < -0.3 is 5.32 Å². The third kappa shape index (κ3) is 6.31. The number of anilines is 1. The Morgan fingerprint density at radius 3 is 2.21 bits per heavy atom. The number of amides is 1. The van der Waals surface area contributed by atoms with Crippen molar-refractivity contribution >= 4 is 37.5 Å². The molecule has 158 valence electrons. The molecule has 0 heterocycles. The Hall–Kier alpha value is -1.86. The van der Waals surface area contributed by atoms with E-state index in [2.05, 4.69) is 54.2 Å². The van der Waals surface area contributed by atoms with Gasteiger partial charge in [0.1, 0.15) is 6.54 Å². The van der Waals surface area contributed by atoms with Crippen LogP contribution in [-0.2, 0) is 20.2 Å². The first kappa shape index (κ1) is 23.4. The van der Waals surface area contributed by atoms with Crippen molar-refractivity contribution in [2.45, 2.75) is 46.1 Å². The van der Waals surface area contributed by atoms with Crippen molar-refractivity contribution in [3.05, 3.63) is 63.6 Å². The van der Waals surface area contributed by atoms with E-state index in [1.165, 1.54) is 5.56 Å². The molecule has 0 bridgehead atoms. The number of carbonyl (C=O) groups excluding carboxylic acids is 1. The molecule has 0 saturated heterocycles. The zero-order valence-corrected chi connectivity index (χ0v) is 20.2. The Balaban J connectivity index is 2.14. The lowest BCUT2D eigenvalue weighted by atomic mass is 9.86. The molecule has 0 aromatic heterocycles. The first-order valence-electron chi connectivity index (χ1n) is 9.42. The van der Waals surface area contributed by atoms with Crippen molar-refractivity contribution in [2.75, 3.05) is 17.1 Å². The summed E-state index contributed by atoms with van der Waals surface area (Å²) in [4.78, 5) is 12.6. The van der Waals surface area contributed by atoms with E-state index >= 15 is 0 Å². The molecule has 0 saturated carbocycles. The lowest BCUT2D eigenvalue weighted by molar-refractivity contribution is -0.120.